The lowest BCUT2D eigenvalue weighted by Gasteiger charge is -2.27. The number of Topliss-reactive ketones (excluding diaryl/α,β-unsaturated/α-hetero) is 1. The zero-order chi connectivity index (χ0) is 24.3. The molecule has 1 N–H and O–H groups in total. The second-order valence-electron chi connectivity index (χ2n) is 7.12. The van der Waals surface area contributed by atoms with Crippen LogP contribution in [0.5, 0.6) is 0 Å². The maximum Gasteiger partial charge on any atom is 0.335 e. The van der Waals surface area contributed by atoms with E-state index in [9.17, 15) is 19.2 Å². The number of aromatic nitrogens is 1. The van der Waals surface area contributed by atoms with Crippen LogP contribution in [0, 0.1) is 0 Å². The first-order chi connectivity index (χ1) is 15.7. The van der Waals surface area contributed by atoms with E-state index in [2.05, 4.69) is 4.98 Å². The van der Waals surface area contributed by atoms with Gasteiger partial charge >= 0.3 is 11.9 Å². The Labute approximate surface area is 200 Å². The number of rotatable bonds is 8. The van der Waals surface area contributed by atoms with E-state index in [1.54, 1.807) is 26.0 Å². The van der Waals surface area contributed by atoms with Gasteiger partial charge in [-0.15, -0.1) is 0 Å². The zero-order valence-corrected chi connectivity index (χ0v) is 19.7. The van der Waals surface area contributed by atoms with Gasteiger partial charge in [0.2, 0.25) is 11.2 Å². The molecule has 3 aromatic rings. The number of aromatic amines is 1. The van der Waals surface area contributed by atoms with E-state index in [0.29, 0.717) is 10.5 Å². The largest absolute Gasteiger partial charge is 0.465 e. The highest BCUT2D eigenvalue weighted by Gasteiger charge is 2.58. The second kappa shape index (κ2) is 9.77. The maximum absolute atomic E-state index is 13.6. The topological polar surface area (TPSA) is 103 Å². The molecule has 0 amide bonds. The number of fused-ring (bicyclic) bond motifs is 1. The van der Waals surface area contributed by atoms with Crippen molar-refractivity contribution in [1.29, 1.82) is 0 Å². The summed E-state index contributed by atoms with van der Waals surface area (Å²) in [5, 5.41) is 0.768. The number of benzene rings is 2. The van der Waals surface area contributed by atoms with Crippen molar-refractivity contribution in [2.24, 2.45) is 0 Å². The van der Waals surface area contributed by atoms with Crippen molar-refractivity contribution in [2.75, 3.05) is 13.2 Å². The molecular formula is C24H21Cl2NO6. The molecule has 0 aliphatic rings. The van der Waals surface area contributed by atoms with Crippen LogP contribution in [0.2, 0.25) is 10.0 Å². The quantitative estimate of drug-likeness (QED) is 0.280. The fourth-order valence-electron chi connectivity index (χ4n) is 3.74. The SMILES string of the molecule is CCOC(=O)C(C(C)=O)(C(=O)OCC)c1c(C(=O)c2ccccc2Cl)[nH]c2cc(Cl)ccc12. The summed E-state index contributed by atoms with van der Waals surface area (Å²) in [7, 11) is 0. The average molecular weight is 490 g/mol. The monoisotopic (exact) mass is 489 g/mol. The van der Waals surface area contributed by atoms with Crippen LogP contribution < -0.4 is 0 Å². The molecule has 3 rings (SSSR count). The molecule has 0 bridgehead atoms. The van der Waals surface area contributed by atoms with E-state index in [-0.39, 0.29) is 40.4 Å². The van der Waals surface area contributed by atoms with Crippen LogP contribution in [-0.2, 0) is 29.3 Å². The minimum Gasteiger partial charge on any atom is -0.465 e. The lowest BCUT2D eigenvalue weighted by molar-refractivity contribution is -0.167. The van der Waals surface area contributed by atoms with Crippen LogP contribution in [0.1, 0.15) is 42.4 Å². The summed E-state index contributed by atoms with van der Waals surface area (Å²) in [6, 6.07) is 10.9. The third kappa shape index (κ3) is 4.14. The highest BCUT2D eigenvalue weighted by atomic mass is 35.5. The number of carbonyl (C=O) groups excluding carboxylic acids is 4. The smallest absolute Gasteiger partial charge is 0.335 e. The Bertz CT molecular complexity index is 1250. The molecule has 0 unspecified atom stereocenters. The van der Waals surface area contributed by atoms with Gasteiger partial charge in [-0.2, -0.15) is 0 Å². The Morgan fingerprint density at radius 2 is 1.55 bits per heavy atom. The Hall–Kier alpha value is -3.16. The molecule has 1 heterocycles. The summed E-state index contributed by atoms with van der Waals surface area (Å²) >= 11 is 12.4. The standard InChI is InChI=1S/C24H21Cl2NO6/c1-4-32-22(30)24(13(3)28,23(31)33-5-2)19-16-11-10-14(25)12-18(16)27-20(19)21(29)15-8-6-7-9-17(15)26/h6-12,27H,4-5H2,1-3H3. The molecule has 9 heteroatoms. The molecular weight excluding hydrogens is 469 g/mol. The molecule has 1 aromatic heterocycles. The van der Waals surface area contributed by atoms with Crippen molar-refractivity contribution < 1.29 is 28.7 Å². The second-order valence-corrected chi connectivity index (χ2v) is 7.96. The molecule has 0 atom stereocenters. The number of hydrogen-bond acceptors (Lipinski definition) is 6. The van der Waals surface area contributed by atoms with Crippen LogP contribution in [0.3, 0.4) is 0 Å². The number of nitrogens with one attached hydrogen (secondary N) is 1. The van der Waals surface area contributed by atoms with E-state index in [1.165, 1.54) is 30.3 Å². The fourth-order valence-corrected chi connectivity index (χ4v) is 4.13. The number of carbonyl (C=O) groups is 4. The van der Waals surface area contributed by atoms with Gasteiger partial charge < -0.3 is 14.5 Å². The maximum atomic E-state index is 13.6. The Kier molecular flexibility index (Phi) is 7.25. The molecule has 172 valence electrons. The van der Waals surface area contributed by atoms with Crippen molar-refractivity contribution >= 4 is 57.6 Å². The minimum atomic E-state index is -2.54. The summed E-state index contributed by atoms with van der Waals surface area (Å²) in [5.41, 5.74) is -2.42. The molecule has 7 nitrogen and oxygen atoms in total. The molecule has 0 aliphatic carbocycles. The van der Waals surface area contributed by atoms with Crippen LogP contribution in [0.25, 0.3) is 10.9 Å². The minimum absolute atomic E-state index is 0.102. The van der Waals surface area contributed by atoms with Gasteiger partial charge in [0.15, 0.2) is 5.78 Å². The Balaban J connectivity index is 2.47. The third-order valence-corrected chi connectivity index (χ3v) is 5.74. The number of ketones is 2. The van der Waals surface area contributed by atoms with E-state index in [1.807, 2.05) is 0 Å². The molecule has 33 heavy (non-hydrogen) atoms. The number of esters is 2. The predicted molar refractivity (Wildman–Crippen MR) is 124 cm³/mol. The van der Waals surface area contributed by atoms with Gasteiger partial charge in [-0.05, 0) is 45.0 Å². The fraction of sp³-hybridized carbons (Fsp3) is 0.250. The summed E-state index contributed by atoms with van der Waals surface area (Å²) in [6.45, 7) is 3.95. The molecule has 0 aliphatic heterocycles. The van der Waals surface area contributed by atoms with Crippen molar-refractivity contribution in [2.45, 2.75) is 26.2 Å². The first kappa shape index (κ1) is 24.5. The van der Waals surface area contributed by atoms with E-state index < -0.39 is 28.9 Å². The summed E-state index contributed by atoms with van der Waals surface area (Å²) in [6.07, 6.45) is 0. The van der Waals surface area contributed by atoms with Crippen molar-refractivity contribution in [3.63, 3.8) is 0 Å². The lowest BCUT2D eigenvalue weighted by atomic mass is 9.74. The predicted octanol–water partition coefficient (Wildman–Crippen LogP) is 4.66. The molecule has 0 saturated carbocycles. The van der Waals surface area contributed by atoms with E-state index >= 15 is 0 Å². The number of ether oxygens (including phenoxy) is 2. The van der Waals surface area contributed by atoms with Gasteiger partial charge in [0.05, 0.1) is 23.9 Å². The molecule has 0 saturated heterocycles. The van der Waals surface area contributed by atoms with Gasteiger partial charge in [-0.3, -0.25) is 9.59 Å². The highest BCUT2D eigenvalue weighted by Crippen LogP contribution is 2.39. The summed E-state index contributed by atoms with van der Waals surface area (Å²) in [5.74, 6) is -3.76. The lowest BCUT2D eigenvalue weighted by Crippen LogP contribution is -2.52. The molecule has 0 fully saturated rings. The van der Waals surface area contributed by atoms with Crippen molar-refractivity contribution in [3.8, 4) is 0 Å². The van der Waals surface area contributed by atoms with Crippen molar-refractivity contribution in [1.82, 2.24) is 4.98 Å². The normalized spacial score (nSPS) is 11.3. The first-order valence-corrected chi connectivity index (χ1v) is 10.9. The number of hydrogen-bond donors (Lipinski definition) is 1. The van der Waals surface area contributed by atoms with Gasteiger partial charge in [-0.25, -0.2) is 9.59 Å². The van der Waals surface area contributed by atoms with Gasteiger partial charge in [0, 0.05) is 27.1 Å². The van der Waals surface area contributed by atoms with E-state index in [0.717, 1.165) is 6.92 Å². The van der Waals surface area contributed by atoms with E-state index in [4.69, 9.17) is 32.7 Å². The molecule has 2 aromatic carbocycles. The van der Waals surface area contributed by atoms with Crippen LogP contribution in [0.4, 0.5) is 0 Å². The van der Waals surface area contributed by atoms with Crippen LogP contribution >= 0.6 is 23.2 Å². The number of H-pyrrole nitrogens is 1. The zero-order valence-electron chi connectivity index (χ0n) is 18.2. The van der Waals surface area contributed by atoms with Gasteiger partial charge in [-0.1, -0.05) is 41.4 Å². The summed E-state index contributed by atoms with van der Waals surface area (Å²) in [4.78, 5) is 56.2. The third-order valence-electron chi connectivity index (χ3n) is 5.17. The Morgan fingerprint density at radius 3 is 2.09 bits per heavy atom. The number of halogens is 2. The van der Waals surface area contributed by atoms with Crippen LogP contribution in [-0.4, -0.2) is 41.7 Å². The highest BCUT2D eigenvalue weighted by molar-refractivity contribution is 6.36. The Morgan fingerprint density at radius 1 is 0.939 bits per heavy atom. The van der Waals surface area contributed by atoms with Crippen molar-refractivity contribution in [3.05, 3.63) is 69.3 Å². The average Bonchev–Trinajstić information content (AvgIpc) is 3.13. The van der Waals surface area contributed by atoms with Crippen LogP contribution in [0.15, 0.2) is 42.5 Å². The van der Waals surface area contributed by atoms with Gasteiger partial charge in [0.25, 0.3) is 0 Å². The van der Waals surface area contributed by atoms with Gasteiger partial charge in [0.1, 0.15) is 0 Å². The molecule has 0 spiro atoms. The first-order valence-electron chi connectivity index (χ1n) is 10.2. The summed E-state index contributed by atoms with van der Waals surface area (Å²) < 4.78 is 10.3. The molecule has 0 radical (unpaired) electrons.